The number of hydrogen-bond donors (Lipinski definition) is 0. The zero-order valence-corrected chi connectivity index (χ0v) is 15.4. The van der Waals surface area contributed by atoms with Gasteiger partial charge in [-0.15, -0.1) is 0 Å². The van der Waals surface area contributed by atoms with Crippen molar-refractivity contribution in [3.63, 3.8) is 0 Å². The SMILES string of the molecule is CC(C)(C)OC(=O)N1CCCC(CCCOc2ncc(Cl)cn2)C1. The molecular weight excluding hydrogens is 330 g/mol. The van der Waals surface area contributed by atoms with Crippen LogP contribution in [0.15, 0.2) is 12.4 Å². The lowest BCUT2D eigenvalue weighted by molar-refractivity contribution is 0.0159. The van der Waals surface area contributed by atoms with Gasteiger partial charge in [0.25, 0.3) is 0 Å². The first-order chi connectivity index (χ1) is 11.3. The molecule has 1 aromatic heterocycles. The first kappa shape index (κ1) is 18.8. The minimum absolute atomic E-state index is 0.210. The van der Waals surface area contributed by atoms with Gasteiger partial charge in [0, 0.05) is 13.1 Å². The molecule has 0 aliphatic carbocycles. The molecule has 24 heavy (non-hydrogen) atoms. The third-order valence-electron chi connectivity index (χ3n) is 3.76. The van der Waals surface area contributed by atoms with E-state index in [0.29, 0.717) is 23.6 Å². The Bertz CT molecular complexity index is 531. The lowest BCUT2D eigenvalue weighted by Crippen LogP contribution is -2.42. The third-order valence-corrected chi connectivity index (χ3v) is 3.95. The summed E-state index contributed by atoms with van der Waals surface area (Å²) in [6.45, 7) is 7.77. The van der Waals surface area contributed by atoms with E-state index >= 15 is 0 Å². The van der Waals surface area contributed by atoms with E-state index in [1.54, 1.807) is 0 Å². The average Bonchev–Trinajstić information content (AvgIpc) is 2.52. The van der Waals surface area contributed by atoms with Crippen LogP contribution in [0.2, 0.25) is 5.02 Å². The number of likely N-dealkylation sites (tertiary alicyclic amines) is 1. The second-order valence-electron chi connectivity index (χ2n) is 7.11. The molecule has 0 spiro atoms. The predicted molar refractivity (Wildman–Crippen MR) is 92.3 cm³/mol. The molecule has 1 atom stereocenters. The van der Waals surface area contributed by atoms with Crippen LogP contribution in [0, 0.1) is 5.92 Å². The van der Waals surface area contributed by atoms with E-state index in [2.05, 4.69) is 9.97 Å². The molecule has 1 unspecified atom stereocenters. The molecule has 7 heteroatoms. The van der Waals surface area contributed by atoms with Gasteiger partial charge in [0.05, 0.1) is 24.0 Å². The second-order valence-corrected chi connectivity index (χ2v) is 7.55. The molecule has 134 valence electrons. The van der Waals surface area contributed by atoms with Crippen molar-refractivity contribution in [3.8, 4) is 6.01 Å². The number of ether oxygens (including phenoxy) is 2. The van der Waals surface area contributed by atoms with Crippen molar-refractivity contribution in [2.75, 3.05) is 19.7 Å². The maximum Gasteiger partial charge on any atom is 0.410 e. The fraction of sp³-hybridized carbons (Fsp3) is 0.706. The number of hydrogen-bond acceptors (Lipinski definition) is 5. The fourth-order valence-electron chi connectivity index (χ4n) is 2.70. The summed E-state index contributed by atoms with van der Waals surface area (Å²) in [6, 6.07) is 0.346. The number of rotatable bonds is 5. The molecule has 6 nitrogen and oxygen atoms in total. The van der Waals surface area contributed by atoms with E-state index in [0.717, 1.165) is 38.8 Å². The van der Waals surface area contributed by atoms with Crippen LogP contribution in [0.4, 0.5) is 4.79 Å². The highest BCUT2D eigenvalue weighted by molar-refractivity contribution is 6.30. The molecule has 2 heterocycles. The van der Waals surface area contributed by atoms with Crippen LogP contribution in [0.5, 0.6) is 6.01 Å². The zero-order chi connectivity index (χ0) is 17.6. The molecule has 1 saturated heterocycles. The van der Waals surface area contributed by atoms with Crippen molar-refractivity contribution in [1.29, 1.82) is 0 Å². The Hall–Kier alpha value is -1.56. The highest BCUT2D eigenvalue weighted by atomic mass is 35.5. The standard InChI is InChI=1S/C17H26ClN3O3/c1-17(2,3)24-16(22)21-8-4-6-13(12-21)7-5-9-23-15-19-10-14(18)11-20-15/h10-11,13H,4-9,12H2,1-3H3. The van der Waals surface area contributed by atoms with E-state index in [9.17, 15) is 4.79 Å². The average molecular weight is 356 g/mol. The normalized spacial score (nSPS) is 18.3. The monoisotopic (exact) mass is 355 g/mol. The van der Waals surface area contributed by atoms with Crippen LogP contribution in [0.25, 0.3) is 0 Å². The maximum atomic E-state index is 12.2. The van der Waals surface area contributed by atoms with Crippen molar-refractivity contribution in [1.82, 2.24) is 14.9 Å². The largest absolute Gasteiger partial charge is 0.463 e. The maximum absolute atomic E-state index is 12.2. The second kappa shape index (κ2) is 8.51. The summed E-state index contributed by atoms with van der Waals surface area (Å²) >= 11 is 5.73. The Balaban J connectivity index is 1.69. The minimum atomic E-state index is -0.448. The topological polar surface area (TPSA) is 64.5 Å². The number of aromatic nitrogens is 2. The van der Waals surface area contributed by atoms with Crippen molar-refractivity contribution < 1.29 is 14.3 Å². The van der Waals surface area contributed by atoms with Crippen LogP contribution < -0.4 is 4.74 Å². The molecule has 0 saturated carbocycles. The number of nitrogens with zero attached hydrogens (tertiary/aromatic N) is 3. The van der Waals surface area contributed by atoms with Crippen LogP contribution in [-0.4, -0.2) is 46.3 Å². The number of carbonyl (C=O) groups is 1. The molecule has 2 rings (SSSR count). The van der Waals surface area contributed by atoms with Crippen molar-refractivity contribution >= 4 is 17.7 Å². The quantitative estimate of drug-likeness (QED) is 0.748. The summed E-state index contributed by atoms with van der Waals surface area (Å²) < 4.78 is 11.0. The Morgan fingerprint density at radius 1 is 1.38 bits per heavy atom. The molecule has 1 fully saturated rings. The van der Waals surface area contributed by atoms with Gasteiger partial charge in [0.2, 0.25) is 0 Å². The molecule has 0 radical (unpaired) electrons. The highest BCUT2D eigenvalue weighted by Gasteiger charge is 2.27. The smallest absolute Gasteiger partial charge is 0.410 e. The number of amides is 1. The summed E-state index contributed by atoms with van der Waals surface area (Å²) in [7, 11) is 0. The van der Waals surface area contributed by atoms with Crippen molar-refractivity contribution in [2.24, 2.45) is 5.92 Å². The van der Waals surface area contributed by atoms with Gasteiger partial charge in [0.1, 0.15) is 5.60 Å². The Morgan fingerprint density at radius 2 is 2.08 bits per heavy atom. The van der Waals surface area contributed by atoms with Gasteiger partial charge in [0.15, 0.2) is 0 Å². The van der Waals surface area contributed by atoms with E-state index in [1.165, 1.54) is 12.4 Å². The summed E-state index contributed by atoms with van der Waals surface area (Å²) in [5, 5.41) is 0.492. The van der Waals surface area contributed by atoms with E-state index < -0.39 is 5.60 Å². The molecule has 0 bridgehead atoms. The number of carbonyl (C=O) groups excluding carboxylic acids is 1. The van der Waals surface area contributed by atoms with Gasteiger partial charge in [-0.2, -0.15) is 0 Å². The van der Waals surface area contributed by atoms with Gasteiger partial charge < -0.3 is 14.4 Å². The first-order valence-corrected chi connectivity index (χ1v) is 8.79. The van der Waals surface area contributed by atoms with E-state index in [4.69, 9.17) is 21.1 Å². The van der Waals surface area contributed by atoms with Gasteiger partial charge in [-0.25, -0.2) is 14.8 Å². The Kier molecular flexibility index (Phi) is 6.66. The third kappa shape index (κ3) is 6.51. The molecule has 0 N–H and O–H groups in total. The molecule has 0 aromatic carbocycles. The van der Waals surface area contributed by atoms with Gasteiger partial charge in [-0.3, -0.25) is 0 Å². The van der Waals surface area contributed by atoms with Crippen molar-refractivity contribution in [3.05, 3.63) is 17.4 Å². The van der Waals surface area contributed by atoms with E-state index in [-0.39, 0.29) is 6.09 Å². The van der Waals surface area contributed by atoms with Gasteiger partial charge >= 0.3 is 12.1 Å². The molecule has 1 amide bonds. The van der Waals surface area contributed by atoms with Gasteiger partial charge in [-0.1, -0.05) is 11.6 Å². The highest BCUT2D eigenvalue weighted by Crippen LogP contribution is 2.23. The van der Waals surface area contributed by atoms with Crippen LogP contribution in [0.1, 0.15) is 46.5 Å². The van der Waals surface area contributed by atoms with Crippen molar-refractivity contribution in [2.45, 2.75) is 52.1 Å². The Morgan fingerprint density at radius 3 is 2.75 bits per heavy atom. The summed E-state index contributed by atoms with van der Waals surface area (Å²) in [4.78, 5) is 22.0. The Labute approximate surface area is 148 Å². The molecular formula is C17H26ClN3O3. The lowest BCUT2D eigenvalue weighted by atomic mass is 9.94. The number of piperidine rings is 1. The minimum Gasteiger partial charge on any atom is -0.463 e. The number of halogens is 1. The van der Waals surface area contributed by atoms with Crippen LogP contribution in [0.3, 0.4) is 0 Å². The fourth-order valence-corrected chi connectivity index (χ4v) is 2.80. The molecule has 1 aromatic rings. The van der Waals surface area contributed by atoms with Gasteiger partial charge in [-0.05, 0) is 52.4 Å². The van der Waals surface area contributed by atoms with Crippen LogP contribution >= 0.6 is 11.6 Å². The summed E-state index contributed by atoms with van der Waals surface area (Å²) in [5.41, 5.74) is -0.448. The lowest BCUT2D eigenvalue weighted by Gasteiger charge is -2.34. The zero-order valence-electron chi connectivity index (χ0n) is 14.6. The predicted octanol–water partition coefficient (Wildman–Crippen LogP) is 3.94. The molecule has 1 aliphatic rings. The molecule has 1 aliphatic heterocycles. The summed E-state index contributed by atoms with van der Waals surface area (Å²) in [5.74, 6) is 0.487. The van der Waals surface area contributed by atoms with E-state index in [1.807, 2.05) is 25.7 Å². The first-order valence-electron chi connectivity index (χ1n) is 8.42. The summed E-state index contributed by atoms with van der Waals surface area (Å²) in [6.07, 6.45) is 6.89. The van der Waals surface area contributed by atoms with Crippen LogP contribution in [-0.2, 0) is 4.74 Å².